The molecule has 2 aromatic heterocycles. The molecule has 2 heteroatoms. The maximum absolute atomic E-state index is 6.54. The minimum atomic E-state index is 0.781. The van der Waals surface area contributed by atoms with Crippen LogP contribution in [0.4, 0.5) is 0 Å². The van der Waals surface area contributed by atoms with E-state index in [0.29, 0.717) is 0 Å². The highest BCUT2D eigenvalue weighted by Gasteiger charge is 2.18. The third kappa shape index (κ3) is 4.72. The molecular weight excluding hydrogens is 621 g/mol. The van der Waals surface area contributed by atoms with Crippen molar-refractivity contribution in [3.63, 3.8) is 0 Å². The van der Waals surface area contributed by atoms with Gasteiger partial charge in [0.25, 0.3) is 0 Å². The largest absolute Gasteiger partial charge is 0.452 e. The van der Waals surface area contributed by atoms with Crippen molar-refractivity contribution in [3.8, 4) is 33.4 Å². The minimum Gasteiger partial charge on any atom is -0.452 e. The normalized spacial score (nSPS) is 12.0. The summed E-state index contributed by atoms with van der Waals surface area (Å²) in [5.41, 5.74) is 12.8. The zero-order valence-corrected chi connectivity index (χ0v) is 28.1. The first-order chi connectivity index (χ1) is 25.1. The van der Waals surface area contributed by atoms with Gasteiger partial charge < -0.3 is 8.83 Å². The van der Waals surface area contributed by atoms with E-state index in [-0.39, 0.29) is 0 Å². The van der Waals surface area contributed by atoms with Crippen molar-refractivity contribution in [3.05, 3.63) is 175 Å². The first-order valence-corrected chi connectivity index (χ1v) is 17.4. The van der Waals surface area contributed by atoms with E-state index in [1.807, 2.05) is 6.08 Å². The van der Waals surface area contributed by atoms with Gasteiger partial charge in [0.2, 0.25) is 0 Å². The molecule has 2 nitrogen and oxygen atoms in total. The molecule has 240 valence electrons. The van der Waals surface area contributed by atoms with Crippen molar-refractivity contribution < 1.29 is 8.83 Å². The third-order valence-corrected chi connectivity index (χ3v) is 10.4. The number of hydrogen-bond acceptors (Lipinski definition) is 2. The molecule has 51 heavy (non-hydrogen) atoms. The van der Waals surface area contributed by atoms with Crippen LogP contribution in [-0.4, -0.2) is 0 Å². The lowest BCUT2D eigenvalue weighted by Gasteiger charge is -2.12. The molecule has 0 unspecified atom stereocenters. The number of aryl methyl sites for hydroxylation is 1. The van der Waals surface area contributed by atoms with Gasteiger partial charge in [-0.1, -0.05) is 122 Å². The van der Waals surface area contributed by atoms with Crippen LogP contribution >= 0.6 is 0 Å². The van der Waals surface area contributed by atoms with Gasteiger partial charge in [-0.05, 0) is 122 Å². The zero-order valence-electron chi connectivity index (χ0n) is 28.1. The summed E-state index contributed by atoms with van der Waals surface area (Å²) in [6.45, 7) is 5.94. The second-order valence-electron chi connectivity index (χ2n) is 13.4. The molecule has 0 aliphatic carbocycles. The standard InChI is InChI=1S/C49H32O2/c1-3-4-10-31-17-18-33(25-30(31)2)35-20-24-47-45(28-35)42-22-21-41-44-27-34(19-23-46(44)50-48(41)49(42)51-47)32-12-9-13-36(26-32)43-29-37-11-5-6-14-38(37)39-15-7-8-16-40(39)43/h3-29H,1H2,2H3/b10-4-. The van der Waals surface area contributed by atoms with Crippen molar-refractivity contribution >= 4 is 71.5 Å². The number of hydrogen-bond donors (Lipinski definition) is 0. The monoisotopic (exact) mass is 652 g/mol. The lowest BCUT2D eigenvalue weighted by molar-refractivity contribution is 0.633. The second kappa shape index (κ2) is 11.5. The Balaban J connectivity index is 1.06. The van der Waals surface area contributed by atoms with Gasteiger partial charge in [0.1, 0.15) is 11.2 Å². The Bertz CT molecular complexity index is 3060. The molecule has 0 aliphatic heterocycles. The average molecular weight is 653 g/mol. The van der Waals surface area contributed by atoms with E-state index in [1.54, 1.807) is 6.08 Å². The van der Waals surface area contributed by atoms with Crippen molar-refractivity contribution in [1.29, 1.82) is 0 Å². The Hall–Kier alpha value is -6.64. The number of fused-ring (bicyclic) bond motifs is 10. The van der Waals surface area contributed by atoms with Crippen LogP contribution in [0.5, 0.6) is 0 Å². The summed E-state index contributed by atoms with van der Waals surface area (Å²) in [6.07, 6.45) is 5.86. The molecule has 0 N–H and O–H groups in total. The number of benzene rings is 8. The molecule has 0 radical (unpaired) electrons. The Morgan fingerprint density at radius 1 is 0.451 bits per heavy atom. The summed E-state index contributed by atoms with van der Waals surface area (Å²) in [6, 6.07) is 52.4. The van der Waals surface area contributed by atoms with Crippen molar-refractivity contribution in [1.82, 2.24) is 0 Å². The van der Waals surface area contributed by atoms with E-state index in [0.717, 1.165) is 55.0 Å². The SMILES string of the molecule is C=C/C=C\c1ccc(-c2ccc3oc4c(ccc5c6cc(-c7cccc(-c8cc9ccccc9c9ccccc89)c7)ccc6oc54)c3c2)cc1C. The van der Waals surface area contributed by atoms with Gasteiger partial charge in [-0.15, -0.1) is 0 Å². The van der Waals surface area contributed by atoms with E-state index in [2.05, 4.69) is 165 Å². The molecule has 8 aromatic carbocycles. The summed E-state index contributed by atoms with van der Waals surface area (Å²) in [5.74, 6) is 0. The molecule has 10 aromatic rings. The molecule has 0 saturated carbocycles. The second-order valence-corrected chi connectivity index (χ2v) is 13.4. The number of rotatable bonds is 5. The Kier molecular flexibility index (Phi) is 6.59. The van der Waals surface area contributed by atoms with Crippen molar-refractivity contribution in [2.75, 3.05) is 0 Å². The summed E-state index contributed by atoms with van der Waals surface area (Å²) in [4.78, 5) is 0. The van der Waals surface area contributed by atoms with E-state index < -0.39 is 0 Å². The molecule has 0 spiro atoms. The number of furan rings is 2. The van der Waals surface area contributed by atoms with Gasteiger partial charge in [-0.2, -0.15) is 0 Å². The van der Waals surface area contributed by atoms with Crippen LogP contribution in [0.1, 0.15) is 11.1 Å². The number of allylic oxidation sites excluding steroid dienone is 2. The molecule has 10 rings (SSSR count). The average Bonchev–Trinajstić information content (AvgIpc) is 3.75. The smallest absolute Gasteiger partial charge is 0.178 e. The van der Waals surface area contributed by atoms with Crippen LogP contribution in [0.2, 0.25) is 0 Å². The van der Waals surface area contributed by atoms with Gasteiger partial charge >= 0.3 is 0 Å². The molecular formula is C49H32O2. The van der Waals surface area contributed by atoms with Crippen LogP contribution in [-0.2, 0) is 0 Å². The molecule has 0 atom stereocenters. The predicted octanol–water partition coefficient (Wildman–Crippen LogP) is 14.3. The predicted molar refractivity (Wildman–Crippen MR) is 216 cm³/mol. The highest BCUT2D eigenvalue weighted by Crippen LogP contribution is 2.42. The molecule has 2 heterocycles. The molecule has 0 amide bonds. The first kappa shape index (κ1) is 29.3. The summed E-state index contributed by atoms with van der Waals surface area (Å²) >= 11 is 0. The molecule has 0 fully saturated rings. The van der Waals surface area contributed by atoms with E-state index in [4.69, 9.17) is 8.83 Å². The lowest BCUT2D eigenvalue weighted by atomic mass is 9.91. The highest BCUT2D eigenvalue weighted by atomic mass is 16.4. The van der Waals surface area contributed by atoms with Crippen LogP contribution < -0.4 is 0 Å². The highest BCUT2D eigenvalue weighted by molar-refractivity contribution is 6.20. The lowest BCUT2D eigenvalue weighted by Crippen LogP contribution is -1.86. The summed E-state index contributed by atoms with van der Waals surface area (Å²) in [5, 5.41) is 9.32. The van der Waals surface area contributed by atoms with E-state index >= 15 is 0 Å². The molecule has 0 bridgehead atoms. The summed E-state index contributed by atoms with van der Waals surface area (Å²) in [7, 11) is 0. The minimum absolute atomic E-state index is 0.781. The topological polar surface area (TPSA) is 26.3 Å². The fourth-order valence-electron chi connectivity index (χ4n) is 7.80. The fourth-order valence-corrected chi connectivity index (χ4v) is 7.80. The van der Waals surface area contributed by atoms with Gasteiger partial charge in [-0.25, -0.2) is 0 Å². The van der Waals surface area contributed by atoms with Gasteiger partial charge in [-0.3, -0.25) is 0 Å². The quantitative estimate of drug-likeness (QED) is 0.137. The van der Waals surface area contributed by atoms with Crippen molar-refractivity contribution in [2.45, 2.75) is 6.92 Å². The Morgan fingerprint density at radius 2 is 1.04 bits per heavy atom. The maximum atomic E-state index is 6.54. The van der Waals surface area contributed by atoms with Gasteiger partial charge in [0.05, 0.1) is 0 Å². The Labute approximate surface area is 295 Å². The van der Waals surface area contributed by atoms with Crippen LogP contribution in [0.15, 0.2) is 173 Å². The summed E-state index contributed by atoms with van der Waals surface area (Å²) < 4.78 is 13.0. The van der Waals surface area contributed by atoms with Gasteiger partial charge in [0.15, 0.2) is 11.2 Å². The third-order valence-electron chi connectivity index (χ3n) is 10.4. The fraction of sp³-hybridized carbons (Fsp3) is 0.0204. The first-order valence-electron chi connectivity index (χ1n) is 17.4. The maximum Gasteiger partial charge on any atom is 0.178 e. The van der Waals surface area contributed by atoms with Gasteiger partial charge in [0, 0.05) is 21.5 Å². The van der Waals surface area contributed by atoms with Crippen LogP contribution in [0.25, 0.3) is 105 Å². The van der Waals surface area contributed by atoms with Crippen LogP contribution in [0.3, 0.4) is 0 Å². The van der Waals surface area contributed by atoms with E-state index in [1.165, 1.54) is 54.9 Å². The van der Waals surface area contributed by atoms with Crippen LogP contribution in [0, 0.1) is 6.92 Å². The molecule has 0 aliphatic rings. The van der Waals surface area contributed by atoms with E-state index in [9.17, 15) is 0 Å². The Morgan fingerprint density at radius 3 is 1.73 bits per heavy atom. The zero-order chi connectivity index (χ0) is 34.1. The molecule has 0 saturated heterocycles. The van der Waals surface area contributed by atoms with Crippen molar-refractivity contribution in [2.24, 2.45) is 0 Å².